The SMILES string of the molecule is COCc1cc(C(=O)NC2=NCC([C@H]3CC[C@@](C)(OC(=O)NC(C)C)C3)=C2)n(C)n1. The summed E-state index contributed by atoms with van der Waals surface area (Å²) in [7, 11) is 3.31. The Bertz CT molecular complexity index is 873. The molecule has 1 aromatic heterocycles. The molecule has 2 heterocycles. The number of carbonyl (C=O) groups is 2. The van der Waals surface area contributed by atoms with Gasteiger partial charge in [-0.05, 0) is 63.7 Å². The minimum absolute atomic E-state index is 0.0421. The number of nitrogens with one attached hydrogen (secondary N) is 2. The van der Waals surface area contributed by atoms with Crippen molar-refractivity contribution >= 4 is 17.8 Å². The lowest BCUT2D eigenvalue weighted by Crippen LogP contribution is -2.38. The third kappa shape index (κ3) is 5.27. The van der Waals surface area contributed by atoms with Gasteiger partial charge in [0.05, 0.1) is 18.8 Å². The van der Waals surface area contributed by atoms with Crippen LogP contribution < -0.4 is 10.6 Å². The van der Waals surface area contributed by atoms with Crippen molar-refractivity contribution in [3.05, 3.63) is 29.1 Å². The maximum absolute atomic E-state index is 12.6. The largest absolute Gasteiger partial charge is 0.443 e. The fraction of sp³-hybridized carbons (Fsp3) is 0.619. The number of alkyl carbamates (subject to hydrolysis) is 1. The summed E-state index contributed by atoms with van der Waals surface area (Å²) in [5.74, 6) is 0.579. The lowest BCUT2D eigenvalue weighted by Gasteiger charge is -2.25. The van der Waals surface area contributed by atoms with Gasteiger partial charge in [0.15, 0.2) is 0 Å². The molecule has 0 bridgehead atoms. The summed E-state index contributed by atoms with van der Waals surface area (Å²) >= 11 is 0. The number of amidine groups is 1. The van der Waals surface area contributed by atoms with Crippen LogP contribution in [-0.4, -0.2) is 52.9 Å². The number of nitrogens with zero attached hydrogens (tertiary/aromatic N) is 3. The average molecular weight is 418 g/mol. The third-order valence-electron chi connectivity index (χ3n) is 5.42. The van der Waals surface area contributed by atoms with E-state index in [4.69, 9.17) is 9.47 Å². The van der Waals surface area contributed by atoms with Gasteiger partial charge in [-0.2, -0.15) is 5.10 Å². The minimum Gasteiger partial charge on any atom is -0.443 e. The number of methoxy groups -OCH3 is 1. The van der Waals surface area contributed by atoms with Crippen LogP contribution in [0.2, 0.25) is 0 Å². The highest BCUT2D eigenvalue weighted by Crippen LogP contribution is 2.41. The van der Waals surface area contributed by atoms with Gasteiger partial charge >= 0.3 is 6.09 Å². The molecule has 0 spiro atoms. The van der Waals surface area contributed by atoms with Crippen LogP contribution in [0.1, 0.15) is 56.2 Å². The third-order valence-corrected chi connectivity index (χ3v) is 5.42. The van der Waals surface area contributed by atoms with Crippen LogP contribution in [0.3, 0.4) is 0 Å². The predicted octanol–water partition coefficient (Wildman–Crippen LogP) is 2.33. The number of carbonyl (C=O) groups excluding carboxylic acids is 2. The van der Waals surface area contributed by atoms with E-state index in [-0.39, 0.29) is 24.0 Å². The van der Waals surface area contributed by atoms with Crippen LogP contribution in [0.25, 0.3) is 0 Å². The van der Waals surface area contributed by atoms with Crippen molar-refractivity contribution in [3.63, 3.8) is 0 Å². The summed E-state index contributed by atoms with van der Waals surface area (Å²) < 4.78 is 12.3. The molecule has 2 amide bonds. The highest BCUT2D eigenvalue weighted by molar-refractivity contribution is 6.10. The molecule has 30 heavy (non-hydrogen) atoms. The highest BCUT2D eigenvalue weighted by Gasteiger charge is 2.40. The molecule has 0 saturated heterocycles. The monoisotopic (exact) mass is 417 g/mol. The Labute approximate surface area is 176 Å². The second-order valence-electron chi connectivity index (χ2n) is 8.53. The molecule has 0 aromatic carbocycles. The molecule has 2 aliphatic rings. The van der Waals surface area contributed by atoms with Gasteiger partial charge in [0.2, 0.25) is 0 Å². The Hall–Kier alpha value is -2.68. The van der Waals surface area contributed by atoms with Crippen LogP contribution in [-0.2, 0) is 23.1 Å². The van der Waals surface area contributed by atoms with Crippen molar-refractivity contribution in [1.82, 2.24) is 20.4 Å². The van der Waals surface area contributed by atoms with Crippen molar-refractivity contribution < 1.29 is 19.1 Å². The molecule has 2 atom stereocenters. The van der Waals surface area contributed by atoms with Crippen LogP contribution in [0.4, 0.5) is 4.79 Å². The van der Waals surface area contributed by atoms with Gasteiger partial charge in [-0.25, -0.2) is 4.79 Å². The predicted molar refractivity (Wildman–Crippen MR) is 112 cm³/mol. The molecule has 9 nitrogen and oxygen atoms in total. The van der Waals surface area contributed by atoms with Gasteiger partial charge in [-0.3, -0.25) is 14.5 Å². The van der Waals surface area contributed by atoms with Gasteiger partial charge < -0.3 is 20.1 Å². The van der Waals surface area contributed by atoms with Crippen LogP contribution >= 0.6 is 0 Å². The summed E-state index contributed by atoms with van der Waals surface area (Å²) in [5, 5.41) is 9.89. The zero-order chi connectivity index (χ0) is 21.9. The molecule has 2 N–H and O–H groups in total. The second-order valence-corrected chi connectivity index (χ2v) is 8.53. The number of hydrogen-bond acceptors (Lipinski definition) is 6. The molecule has 164 valence electrons. The lowest BCUT2D eigenvalue weighted by atomic mass is 9.95. The summed E-state index contributed by atoms with van der Waals surface area (Å²) in [4.78, 5) is 29.0. The first-order valence-corrected chi connectivity index (χ1v) is 10.3. The van der Waals surface area contributed by atoms with Gasteiger partial charge in [0.1, 0.15) is 17.1 Å². The van der Waals surface area contributed by atoms with Crippen LogP contribution in [0.5, 0.6) is 0 Å². The molecule has 0 radical (unpaired) electrons. The molecule has 1 aliphatic heterocycles. The first-order chi connectivity index (χ1) is 14.2. The first kappa shape index (κ1) is 22.0. The van der Waals surface area contributed by atoms with E-state index in [1.165, 1.54) is 4.68 Å². The van der Waals surface area contributed by atoms with E-state index in [2.05, 4.69) is 20.7 Å². The summed E-state index contributed by atoms with van der Waals surface area (Å²) in [5.41, 5.74) is 1.82. The van der Waals surface area contributed by atoms with E-state index in [9.17, 15) is 9.59 Å². The van der Waals surface area contributed by atoms with Gasteiger partial charge in [-0.15, -0.1) is 0 Å². The Morgan fingerprint density at radius 3 is 2.87 bits per heavy atom. The minimum atomic E-state index is -0.483. The molecule has 9 heteroatoms. The second kappa shape index (κ2) is 8.99. The first-order valence-electron chi connectivity index (χ1n) is 10.3. The summed E-state index contributed by atoms with van der Waals surface area (Å²) in [6, 6.07) is 1.75. The number of aromatic nitrogens is 2. The van der Waals surface area contributed by atoms with E-state index in [1.807, 2.05) is 26.8 Å². The zero-order valence-electron chi connectivity index (χ0n) is 18.3. The smallest absolute Gasteiger partial charge is 0.407 e. The number of amides is 2. The van der Waals surface area contributed by atoms with Gasteiger partial charge in [0.25, 0.3) is 5.91 Å². The number of aryl methyl sites for hydroxylation is 1. The molecule has 1 saturated carbocycles. The summed E-state index contributed by atoms with van der Waals surface area (Å²) in [6.07, 6.45) is 4.05. The average Bonchev–Trinajstić information content (AvgIpc) is 3.33. The fourth-order valence-electron chi connectivity index (χ4n) is 4.01. The number of rotatable bonds is 6. The van der Waals surface area contributed by atoms with E-state index in [0.717, 1.165) is 24.8 Å². The Kier molecular flexibility index (Phi) is 6.60. The Morgan fingerprint density at radius 2 is 2.17 bits per heavy atom. The number of aliphatic imine (C=N–C) groups is 1. The maximum Gasteiger partial charge on any atom is 0.407 e. The fourth-order valence-corrected chi connectivity index (χ4v) is 4.01. The molecule has 3 rings (SSSR count). The molecule has 0 unspecified atom stereocenters. The molecule has 1 aliphatic carbocycles. The standard InChI is InChI=1S/C21H31N5O4/c1-13(2)23-20(28)30-21(3)7-6-14(10-21)15-8-18(22-11-15)24-19(27)17-9-16(12-29-5)25-26(17)4/h8-9,13-14H,6-7,10-12H2,1-5H3,(H,23,28)(H,22,24,27)/t14-,21+/m0/s1. The quantitative estimate of drug-likeness (QED) is 0.739. The maximum atomic E-state index is 12.6. The lowest BCUT2D eigenvalue weighted by molar-refractivity contribution is 0.0271. The van der Waals surface area contributed by atoms with E-state index >= 15 is 0 Å². The van der Waals surface area contributed by atoms with Gasteiger partial charge in [-0.1, -0.05) is 0 Å². The van der Waals surface area contributed by atoms with Crippen molar-refractivity contribution in [2.24, 2.45) is 18.0 Å². The number of hydrogen-bond donors (Lipinski definition) is 2. The normalized spacial score (nSPS) is 23.3. The molecular formula is C21H31N5O4. The van der Waals surface area contributed by atoms with Crippen LogP contribution in [0, 0.1) is 5.92 Å². The molecular weight excluding hydrogens is 386 g/mol. The molecule has 1 fully saturated rings. The van der Waals surface area contributed by atoms with E-state index < -0.39 is 5.60 Å². The topological polar surface area (TPSA) is 107 Å². The van der Waals surface area contributed by atoms with Gasteiger partial charge in [0, 0.05) is 20.2 Å². The Morgan fingerprint density at radius 1 is 1.40 bits per heavy atom. The van der Waals surface area contributed by atoms with E-state index in [0.29, 0.717) is 30.4 Å². The van der Waals surface area contributed by atoms with Crippen molar-refractivity contribution in [1.29, 1.82) is 0 Å². The highest BCUT2D eigenvalue weighted by atomic mass is 16.6. The number of ether oxygens (including phenoxy) is 2. The van der Waals surface area contributed by atoms with Crippen molar-refractivity contribution in [2.75, 3.05) is 13.7 Å². The van der Waals surface area contributed by atoms with Crippen LogP contribution in [0.15, 0.2) is 22.7 Å². The molecule has 1 aromatic rings. The van der Waals surface area contributed by atoms with Crippen molar-refractivity contribution in [3.8, 4) is 0 Å². The van der Waals surface area contributed by atoms with E-state index in [1.54, 1.807) is 20.2 Å². The Balaban J connectivity index is 1.57. The summed E-state index contributed by atoms with van der Waals surface area (Å²) in [6.45, 7) is 6.69. The zero-order valence-corrected chi connectivity index (χ0v) is 18.3. The van der Waals surface area contributed by atoms with Crippen molar-refractivity contribution in [2.45, 2.75) is 58.3 Å².